The smallest absolute Gasteiger partial charge is 0.255 e. The normalized spacial score (nSPS) is 12.9. The van der Waals surface area contributed by atoms with Gasteiger partial charge in [0.1, 0.15) is 0 Å². The number of anilines is 1. The summed E-state index contributed by atoms with van der Waals surface area (Å²) in [7, 11) is 1.61. The van der Waals surface area contributed by atoms with E-state index in [1.807, 2.05) is 0 Å². The molecule has 0 saturated heterocycles. The molecule has 0 spiro atoms. The van der Waals surface area contributed by atoms with E-state index in [4.69, 9.17) is 0 Å². The summed E-state index contributed by atoms with van der Waals surface area (Å²) >= 11 is 0. The van der Waals surface area contributed by atoms with Crippen molar-refractivity contribution in [2.24, 2.45) is 0 Å². The van der Waals surface area contributed by atoms with Crippen LogP contribution in [0, 0.1) is 0 Å². The van der Waals surface area contributed by atoms with Gasteiger partial charge < -0.3 is 10.0 Å². The van der Waals surface area contributed by atoms with Crippen LogP contribution in [-0.2, 0) is 0 Å². The Hall–Kier alpha value is -1.16. The van der Waals surface area contributed by atoms with E-state index in [2.05, 4.69) is 0 Å². The van der Waals surface area contributed by atoms with Crippen LogP contribution in [0.15, 0.2) is 24.3 Å². The lowest BCUT2D eigenvalue weighted by Gasteiger charge is -2.19. The molecule has 0 aromatic heterocycles. The predicted molar refractivity (Wildman–Crippen MR) is 56.3 cm³/mol. The van der Waals surface area contributed by atoms with Crippen LogP contribution in [0.5, 0.6) is 0 Å². The van der Waals surface area contributed by atoms with E-state index < -0.39 is 12.5 Å². The Labute approximate surface area is 88.1 Å². The summed E-state index contributed by atoms with van der Waals surface area (Å²) in [5.74, 6) is 0. The van der Waals surface area contributed by atoms with Gasteiger partial charge >= 0.3 is 0 Å². The molecule has 0 saturated carbocycles. The highest BCUT2D eigenvalue weighted by Crippen LogP contribution is 2.18. The second-order valence-electron chi connectivity index (χ2n) is 3.54. The number of hydrogen-bond acceptors (Lipinski definition) is 2. The maximum atomic E-state index is 12.1. The molecule has 1 N–H and O–H groups in total. The summed E-state index contributed by atoms with van der Waals surface area (Å²) in [6, 6.07) is 6.93. The third-order valence-corrected chi connectivity index (χ3v) is 2.23. The van der Waals surface area contributed by atoms with Crippen LogP contribution in [0.4, 0.5) is 14.5 Å². The van der Waals surface area contributed by atoms with E-state index >= 15 is 0 Å². The fourth-order valence-electron chi connectivity index (χ4n) is 1.32. The predicted octanol–water partition coefficient (Wildman–Crippen LogP) is 2.44. The molecule has 0 radical (unpaired) electrons. The molecule has 0 bridgehead atoms. The largest absolute Gasteiger partial charge is 0.389 e. The molecule has 0 unspecified atom stereocenters. The third-order valence-electron chi connectivity index (χ3n) is 2.23. The van der Waals surface area contributed by atoms with Crippen LogP contribution >= 0.6 is 0 Å². The highest BCUT2D eigenvalue weighted by Gasteiger charge is 2.08. The lowest BCUT2D eigenvalue weighted by molar-refractivity contribution is 0.156. The van der Waals surface area contributed by atoms with Gasteiger partial charge in [0.2, 0.25) is 0 Å². The highest BCUT2D eigenvalue weighted by molar-refractivity contribution is 5.47. The summed E-state index contributed by atoms with van der Waals surface area (Å²) in [6.45, 7) is 1.38. The number of aliphatic hydroxyl groups excluding tert-OH is 1. The van der Waals surface area contributed by atoms with Gasteiger partial charge in [0, 0.05) is 12.7 Å². The van der Waals surface area contributed by atoms with Crippen molar-refractivity contribution in [3.63, 3.8) is 0 Å². The van der Waals surface area contributed by atoms with Gasteiger partial charge in [-0.2, -0.15) is 0 Å². The Morgan fingerprint density at radius 1 is 1.27 bits per heavy atom. The van der Waals surface area contributed by atoms with Gasteiger partial charge in [-0.3, -0.25) is 0 Å². The number of rotatable bonds is 4. The molecule has 2 nitrogen and oxygen atoms in total. The van der Waals surface area contributed by atoms with Gasteiger partial charge in [0.15, 0.2) is 0 Å². The molecule has 1 aromatic carbocycles. The molecule has 0 aliphatic heterocycles. The first-order valence-corrected chi connectivity index (χ1v) is 4.78. The Morgan fingerprint density at radius 2 is 1.80 bits per heavy atom. The summed E-state index contributed by atoms with van der Waals surface area (Å²) in [4.78, 5) is 1.48. The number of nitrogens with zero attached hydrogens (tertiary/aromatic N) is 1. The molecule has 15 heavy (non-hydrogen) atoms. The van der Waals surface area contributed by atoms with Gasteiger partial charge in [-0.25, -0.2) is 8.78 Å². The number of hydrogen-bond donors (Lipinski definition) is 1. The first kappa shape index (κ1) is 11.9. The molecule has 1 rings (SSSR count). The van der Waals surface area contributed by atoms with Crippen molar-refractivity contribution >= 4 is 5.69 Å². The second kappa shape index (κ2) is 5.07. The zero-order chi connectivity index (χ0) is 11.4. The standard InChI is InChI=1S/C11H15F2NO/c1-8(15)9-3-5-10(6-4-9)14(2)7-11(12)13/h3-6,8,11,15H,7H2,1-2H3/t8-/m1/s1. The average Bonchev–Trinajstić information content (AvgIpc) is 2.17. The molecule has 84 valence electrons. The minimum atomic E-state index is -2.34. The summed E-state index contributed by atoms with van der Waals surface area (Å²) in [5, 5.41) is 9.27. The molecule has 0 heterocycles. The van der Waals surface area contributed by atoms with Crippen LogP contribution in [0.2, 0.25) is 0 Å². The SMILES string of the molecule is C[C@@H](O)c1ccc(N(C)CC(F)F)cc1. The van der Waals surface area contributed by atoms with Crippen LogP contribution < -0.4 is 4.90 Å². The summed E-state index contributed by atoms with van der Waals surface area (Å²) in [6.07, 6.45) is -2.87. The van der Waals surface area contributed by atoms with E-state index in [-0.39, 0.29) is 6.54 Å². The topological polar surface area (TPSA) is 23.5 Å². The lowest BCUT2D eigenvalue weighted by Crippen LogP contribution is -2.23. The zero-order valence-corrected chi connectivity index (χ0v) is 8.82. The Morgan fingerprint density at radius 3 is 2.20 bits per heavy atom. The fourth-order valence-corrected chi connectivity index (χ4v) is 1.32. The average molecular weight is 215 g/mol. The van der Waals surface area contributed by atoms with Crippen LogP contribution in [0.1, 0.15) is 18.6 Å². The van der Waals surface area contributed by atoms with Gasteiger partial charge in [0.05, 0.1) is 12.6 Å². The zero-order valence-electron chi connectivity index (χ0n) is 8.82. The molecular weight excluding hydrogens is 200 g/mol. The van der Waals surface area contributed by atoms with E-state index in [1.165, 1.54) is 4.90 Å². The summed E-state index contributed by atoms with van der Waals surface area (Å²) in [5.41, 5.74) is 1.50. The van der Waals surface area contributed by atoms with Gasteiger partial charge in [0.25, 0.3) is 6.43 Å². The summed E-state index contributed by atoms with van der Waals surface area (Å²) < 4.78 is 24.2. The van der Waals surface area contributed by atoms with Crippen molar-refractivity contribution < 1.29 is 13.9 Å². The molecular formula is C11H15F2NO. The Kier molecular flexibility index (Phi) is 4.03. The fraction of sp³-hybridized carbons (Fsp3) is 0.455. The second-order valence-corrected chi connectivity index (χ2v) is 3.54. The number of halogens is 2. The van der Waals surface area contributed by atoms with Crippen molar-refractivity contribution in [3.05, 3.63) is 29.8 Å². The highest BCUT2D eigenvalue weighted by atomic mass is 19.3. The van der Waals surface area contributed by atoms with Crippen molar-refractivity contribution in [2.75, 3.05) is 18.5 Å². The van der Waals surface area contributed by atoms with E-state index in [0.29, 0.717) is 0 Å². The van der Waals surface area contributed by atoms with Crippen molar-refractivity contribution in [3.8, 4) is 0 Å². The van der Waals surface area contributed by atoms with Crippen molar-refractivity contribution in [1.82, 2.24) is 0 Å². The molecule has 0 aliphatic carbocycles. The van der Waals surface area contributed by atoms with E-state index in [9.17, 15) is 13.9 Å². The lowest BCUT2D eigenvalue weighted by atomic mass is 10.1. The van der Waals surface area contributed by atoms with Crippen LogP contribution in [0.3, 0.4) is 0 Å². The van der Waals surface area contributed by atoms with Crippen LogP contribution in [-0.4, -0.2) is 25.1 Å². The van der Waals surface area contributed by atoms with Gasteiger partial charge in [-0.15, -0.1) is 0 Å². The van der Waals surface area contributed by atoms with E-state index in [0.717, 1.165) is 11.3 Å². The minimum absolute atomic E-state index is 0.284. The van der Waals surface area contributed by atoms with Gasteiger partial charge in [-0.1, -0.05) is 12.1 Å². The maximum absolute atomic E-state index is 12.1. The van der Waals surface area contributed by atoms with Crippen LogP contribution in [0.25, 0.3) is 0 Å². The van der Waals surface area contributed by atoms with Crippen molar-refractivity contribution in [1.29, 1.82) is 0 Å². The third kappa shape index (κ3) is 3.47. The molecule has 1 aromatic rings. The molecule has 1 atom stereocenters. The maximum Gasteiger partial charge on any atom is 0.255 e. The monoisotopic (exact) mass is 215 g/mol. The number of alkyl halides is 2. The Bertz CT molecular complexity index is 298. The molecule has 0 amide bonds. The minimum Gasteiger partial charge on any atom is -0.389 e. The molecule has 4 heteroatoms. The molecule has 0 aliphatic rings. The first-order chi connectivity index (χ1) is 7.00. The molecule has 0 fully saturated rings. The van der Waals surface area contributed by atoms with Crippen molar-refractivity contribution in [2.45, 2.75) is 19.5 Å². The van der Waals surface area contributed by atoms with Gasteiger partial charge in [-0.05, 0) is 24.6 Å². The Balaban J connectivity index is 2.71. The number of aliphatic hydroxyl groups is 1. The first-order valence-electron chi connectivity index (χ1n) is 4.78. The number of benzene rings is 1. The quantitative estimate of drug-likeness (QED) is 0.833. The van der Waals surface area contributed by atoms with E-state index in [1.54, 1.807) is 38.2 Å².